The van der Waals surface area contributed by atoms with E-state index < -0.39 is 0 Å². The second-order valence-electron chi connectivity index (χ2n) is 4.07. The molecule has 0 radical (unpaired) electrons. The molecule has 1 fully saturated rings. The Hall–Kier alpha value is 0.1000. The lowest BCUT2D eigenvalue weighted by Crippen LogP contribution is -2.07. The number of hydrogen-bond donors (Lipinski definition) is 1. The van der Waals surface area contributed by atoms with Gasteiger partial charge < -0.3 is 5.73 Å². The molecule has 0 heterocycles. The van der Waals surface area contributed by atoms with Crippen LogP contribution in [0.15, 0.2) is 23.1 Å². The summed E-state index contributed by atoms with van der Waals surface area (Å²) in [6.45, 7) is 0. The van der Waals surface area contributed by atoms with Gasteiger partial charge in [-0.05, 0) is 53.6 Å². The molecule has 1 saturated carbocycles. The van der Waals surface area contributed by atoms with Crippen molar-refractivity contribution in [1.82, 2.24) is 0 Å². The molecule has 0 amide bonds. The maximum Gasteiger partial charge on any atom is 0.0325 e. The van der Waals surface area contributed by atoms with E-state index in [4.69, 9.17) is 5.73 Å². The normalized spacial score (nSPS) is 17.9. The smallest absolute Gasteiger partial charge is 0.0325 e. The molecule has 1 aliphatic carbocycles. The topological polar surface area (TPSA) is 26.0 Å². The lowest BCUT2D eigenvalue weighted by molar-refractivity contribution is 0.516. The third-order valence-corrected chi connectivity index (χ3v) is 5.47. The third kappa shape index (κ3) is 3.28. The molecule has 82 valence electrons. The van der Waals surface area contributed by atoms with Crippen LogP contribution in [0.5, 0.6) is 0 Å². The van der Waals surface area contributed by atoms with Crippen molar-refractivity contribution in [2.24, 2.45) is 0 Å². The van der Waals surface area contributed by atoms with E-state index in [1.807, 2.05) is 17.8 Å². The first kappa shape index (κ1) is 11.6. The molecule has 2 rings (SSSR count). The highest BCUT2D eigenvalue weighted by molar-refractivity contribution is 14.1. The average Bonchev–Trinajstić information content (AvgIpc) is 2.24. The van der Waals surface area contributed by atoms with Crippen molar-refractivity contribution in [2.75, 3.05) is 5.73 Å². The van der Waals surface area contributed by atoms with Crippen LogP contribution in [0.2, 0.25) is 0 Å². The summed E-state index contributed by atoms with van der Waals surface area (Å²) in [6, 6.07) is 6.23. The Kier molecular flexibility index (Phi) is 4.20. The van der Waals surface area contributed by atoms with Gasteiger partial charge in [-0.25, -0.2) is 0 Å². The number of anilines is 1. The van der Waals surface area contributed by atoms with Crippen molar-refractivity contribution in [3.63, 3.8) is 0 Å². The van der Waals surface area contributed by atoms with Crippen molar-refractivity contribution in [3.8, 4) is 0 Å². The first-order valence-electron chi connectivity index (χ1n) is 5.47. The molecule has 1 aromatic carbocycles. The lowest BCUT2D eigenvalue weighted by Gasteiger charge is -2.21. The third-order valence-electron chi connectivity index (χ3n) is 2.80. The Morgan fingerprint density at radius 1 is 1.20 bits per heavy atom. The number of rotatable bonds is 2. The summed E-state index contributed by atoms with van der Waals surface area (Å²) in [6.07, 6.45) is 7.00. The highest BCUT2D eigenvalue weighted by atomic mass is 127. The quantitative estimate of drug-likeness (QED) is 0.645. The summed E-state index contributed by atoms with van der Waals surface area (Å²) in [5, 5.41) is 0.830. The van der Waals surface area contributed by atoms with Gasteiger partial charge in [0.15, 0.2) is 0 Å². The second kappa shape index (κ2) is 5.43. The lowest BCUT2D eigenvalue weighted by atomic mass is 10.0. The molecule has 0 bridgehead atoms. The van der Waals surface area contributed by atoms with E-state index >= 15 is 0 Å². The molecule has 0 atom stereocenters. The minimum Gasteiger partial charge on any atom is -0.399 e. The Balaban J connectivity index is 2.03. The zero-order valence-corrected chi connectivity index (χ0v) is 11.7. The minimum atomic E-state index is 0.830. The molecule has 15 heavy (non-hydrogen) atoms. The zero-order chi connectivity index (χ0) is 10.7. The highest BCUT2D eigenvalue weighted by Gasteiger charge is 2.15. The molecule has 3 heteroatoms. The molecule has 1 nitrogen and oxygen atoms in total. The number of halogens is 1. The van der Waals surface area contributed by atoms with E-state index in [2.05, 4.69) is 34.7 Å². The second-order valence-corrected chi connectivity index (χ2v) is 6.57. The summed E-state index contributed by atoms with van der Waals surface area (Å²) in [4.78, 5) is 1.40. The highest BCUT2D eigenvalue weighted by Crippen LogP contribution is 2.36. The maximum absolute atomic E-state index is 5.75. The first-order chi connectivity index (χ1) is 7.25. The van der Waals surface area contributed by atoms with Gasteiger partial charge in [0.1, 0.15) is 0 Å². The number of benzene rings is 1. The van der Waals surface area contributed by atoms with Crippen LogP contribution in [-0.4, -0.2) is 5.25 Å². The summed E-state index contributed by atoms with van der Waals surface area (Å²) in [5.74, 6) is 0. The van der Waals surface area contributed by atoms with Gasteiger partial charge in [-0.3, -0.25) is 0 Å². The fourth-order valence-electron chi connectivity index (χ4n) is 1.98. The fraction of sp³-hybridized carbons (Fsp3) is 0.500. The maximum atomic E-state index is 5.75. The summed E-state index contributed by atoms with van der Waals surface area (Å²) in [5.41, 5.74) is 6.61. The molecule has 1 aliphatic rings. The first-order valence-corrected chi connectivity index (χ1v) is 7.43. The van der Waals surface area contributed by atoms with Crippen molar-refractivity contribution in [3.05, 3.63) is 21.8 Å². The van der Waals surface area contributed by atoms with E-state index in [0.717, 1.165) is 10.9 Å². The fourth-order valence-corrected chi connectivity index (χ4v) is 4.14. The standard InChI is InChI=1S/C12H16INS/c13-11-8-9(14)6-7-12(11)15-10-4-2-1-3-5-10/h6-8,10H,1-5,14H2. The van der Waals surface area contributed by atoms with Gasteiger partial charge in [0.05, 0.1) is 0 Å². The van der Waals surface area contributed by atoms with Crippen LogP contribution >= 0.6 is 34.4 Å². The van der Waals surface area contributed by atoms with Crippen LogP contribution in [-0.2, 0) is 0 Å². The Bertz CT molecular complexity index is 334. The van der Waals surface area contributed by atoms with E-state index in [9.17, 15) is 0 Å². The molecule has 0 aromatic heterocycles. The zero-order valence-electron chi connectivity index (χ0n) is 8.71. The number of hydrogen-bond acceptors (Lipinski definition) is 2. The monoisotopic (exact) mass is 333 g/mol. The number of thioether (sulfide) groups is 1. The van der Waals surface area contributed by atoms with Crippen molar-refractivity contribution >= 4 is 40.0 Å². The van der Waals surface area contributed by atoms with E-state index in [1.54, 1.807) is 0 Å². The van der Waals surface area contributed by atoms with Gasteiger partial charge in [0, 0.05) is 19.4 Å². The van der Waals surface area contributed by atoms with Gasteiger partial charge in [-0.1, -0.05) is 19.3 Å². The van der Waals surface area contributed by atoms with Crippen LogP contribution < -0.4 is 5.73 Å². The molecule has 0 spiro atoms. The number of nitrogens with two attached hydrogens (primary N) is 1. The van der Waals surface area contributed by atoms with E-state index in [-0.39, 0.29) is 0 Å². The minimum absolute atomic E-state index is 0.830. The van der Waals surface area contributed by atoms with Crippen LogP contribution in [0.1, 0.15) is 32.1 Å². The molecule has 2 N–H and O–H groups in total. The van der Waals surface area contributed by atoms with Crippen molar-refractivity contribution < 1.29 is 0 Å². The van der Waals surface area contributed by atoms with Crippen LogP contribution in [0.25, 0.3) is 0 Å². The van der Waals surface area contributed by atoms with Crippen LogP contribution in [0.4, 0.5) is 5.69 Å². The van der Waals surface area contributed by atoms with Crippen LogP contribution in [0, 0.1) is 3.57 Å². The van der Waals surface area contributed by atoms with E-state index in [0.29, 0.717) is 0 Å². The molecular weight excluding hydrogens is 317 g/mol. The van der Waals surface area contributed by atoms with Gasteiger partial charge in [0.25, 0.3) is 0 Å². The van der Waals surface area contributed by atoms with E-state index in [1.165, 1.54) is 40.6 Å². The molecule has 0 saturated heterocycles. The van der Waals surface area contributed by atoms with Gasteiger partial charge >= 0.3 is 0 Å². The van der Waals surface area contributed by atoms with Crippen molar-refractivity contribution in [2.45, 2.75) is 42.2 Å². The van der Waals surface area contributed by atoms with Gasteiger partial charge in [0.2, 0.25) is 0 Å². The largest absolute Gasteiger partial charge is 0.399 e. The summed E-state index contributed by atoms with van der Waals surface area (Å²) < 4.78 is 1.29. The Morgan fingerprint density at radius 2 is 1.93 bits per heavy atom. The summed E-state index contributed by atoms with van der Waals surface area (Å²) in [7, 11) is 0. The van der Waals surface area contributed by atoms with Crippen molar-refractivity contribution in [1.29, 1.82) is 0 Å². The SMILES string of the molecule is Nc1ccc(SC2CCCCC2)c(I)c1. The van der Waals surface area contributed by atoms with Crippen LogP contribution in [0.3, 0.4) is 0 Å². The Labute approximate surface area is 109 Å². The number of nitrogen functional groups attached to an aromatic ring is 1. The molecule has 0 unspecified atom stereocenters. The van der Waals surface area contributed by atoms with Gasteiger partial charge in [-0.2, -0.15) is 0 Å². The average molecular weight is 333 g/mol. The Morgan fingerprint density at radius 3 is 2.60 bits per heavy atom. The summed E-state index contributed by atoms with van der Waals surface area (Å²) >= 11 is 4.42. The molecule has 1 aromatic rings. The predicted molar refractivity (Wildman–Crippen MR) is 76.3 cm³/mol. The molecular formula is C12H16INS. The molecule has 0 aliphatic heterocycles. The van der Waals surface area contributed by atoms with Gasteiger partial charge in [-0.15, -0.1) is 11.8 Å². The predicted octanol–water partition coefficient (Wildman–Crippen LogP) is 4.30.